The van der Waals surface area contributed by atoms with Crippen LogP contribution >= 0.6 is 0 Å². The number of piperidine rings is 2. The first-order valence-electron chi connectivity index (χ1n) is 8.39. The van der Waals surface area contributed by atoms with E-state index in [1.165, 1.54) is 45.6 Å². The van der Waals surface area contributed by atoms with E-state index in [1.54, 1.807) is 0 Å². The molecule has 3 fully saturated rings. The van der Waals surface area contributed by atoms with Crippen molar-refractivity contribution in [2.24, 2.45) is 22.7 Å². The molecule has 0 radical (unpaired) electrons. The first-order valence-corrected chi connectivity index (χ1v) is 8.39. The Balaban J connectivity index is 1.60. The molecule has 3 rings (SSSR count). The highest BCUT2D eigenvalue weighted by Crippen LogP contribution is 2.75. The molecule has 0 amide bonds. The van der Waals surface area contributed by atoms with E-state index in [0.29, 0.717) is 10.8 Å². The summed E-state index contributed by atoms with van der Waals surface area (Å²) in [5, 5.41) is 0. The molecule has 0 aromatic rings. The number of likely N-dealkylation sites (tertiary alicyclic amines) is 2. The van der Waals surface area contributed by atoms with E-state index in [-0.39, 0.29) is 0 Å². The van der Waals surface area contributed by atoms with Crippen LogP contribution in [0.1, 0.15) is 47.5 Å². The number of nitrogens with zero attached hydrogens (tertiary/aromatic N) is 2. The zero-order chi connectivity index (χ0) is 13.8. The van der Waals surface area contributed by atoms with Gasteiger partial charge in [0.1, 0.15) is 0 Å². The molecule has 19 heavy (non-hydrogen) atoms. The summed E-state index contributed by atoms with van der Waals surface area (Å²) in [6.45, 7) is 18.8. The molecular formula is C17H32N2. The Morgan fingerprint density at radius 2 is 1.58 bits per heavy atom. The van der Waals surface area contributed by atoms with Crippen molar-refractivity contribution in [3.05, 3.63) is 0 Å². The molecule has 1 aliphatic carbocycles. The van der Waals surface area contributed by atoms with Crippen molar-refractivity contribution in [1.82, 2.24) is 9.80 Å². The van der Waals surface area contributed by atoms with Gasteiger partial charge in [0, 0.05) is 19.1 Å². The summed E-state index contributed by atoms with van der Waals surface area (Å²) in [6, 6.07) is 0.872. The van der Waals surface area contributed by atoms with Crippen LogP contribution in [0.3, 0.4) is 0 Å². The second kappa shape index (κ2) is 4.46. The third kappa shape index (κ3) is 1.90. The van der Waals surface area contributed by atoms with Gasteiger partial charge in [-0.1, -0.05) is 34.6 Å². The Labute approximate surface area is 119 Å². The summed E-state index contributed by atoms with van der Waals surface area (Å²) in [5.41, 5.74) is 1.23. The maximum Gasteiger partial charge on any atom is 0.0120 e. The largest absolute Gasteiger partial charge is 0.303 e. The zero-order valence-corrected chi connectivity index (χ0v) is 13.6. The molecule has 0 N–H and O–H groups in total. The highest BCUT2D eigenvalue weighted by Gasteiger charge is 2.75. The molecule has 0 bridgehead atoms. The fourth-order valence-electron chi connectivity index (χ4n) is 5.79. The van der Waals surface area contributed by atoms with E-state index >= 15 is 0 Å². The third-order valence-electron chi connectivity index (χ3n) is 6.84. The Kier molecular flexibility index (Phi) is 3.26. The van der Waals surface area contributed by atoms with Crippen molar-refractivity contribution in [2.45, 2.75) is 53.5 Å². The molecule has 1 unspecified atom stereocenters. The number of hydrogen-bond donors (Lipinski definition) is 0. The van der Waals surface area contributed by atoms with Gasteiger partial charge >= 0.3 is 0 Å². The van der Waals surface area contributed by atoms with Crippen LogP contribution in [0.25, 0.3) is 0 Å². The Morgan fingerprint density at radius 3 is 2.00 bits per heavy atom. The maximum atomic E-state index is 2.84. The number of fused-ring (bicyclic) bond motifs is 1. The minimum Gasteiger partial charge on any atom is -0.303 e. The topological polar surface area (TPSA) is 6.48 Å². The van der Waals surface area contributed by atoms with Crippen molar-refractivity contribution in [1.29, 1.82) is 0 Å². The fraction of sp³-hybridized carbons (Fsp3) is 1.00. The molecule has 2 aliphatic heterocycles. The van der Waals surface area contributed by atoms with Gasteiger partial charge in [-0.25, -0.2) is 0 Å². The van der Waals surface area contributed by atoms with Gasteiger partial charge in [-0.15, -0.1) is 0 Å². The second-order valence-electron chi connectivity index (χ2n) is 8.13. The molecule has 2 heteroatoms. The Morgan fingerprint density at radius 1 is 1.05 bits per heavy atom. The van der Waals surface area contributed by atoms with Gasteiger partial charge in [-0.05, 0) is 55.1 Å². The van der Waals surface area contributed by atoms with Crippen LogP contribution in [-0.4, -0.2) is 48.6 Å². The molecule has 2 heterocycles. The van der Waals surface area contributed by atoms with Gasteiger partial charge in [-0.3, -0.25) is 4.90 Å². The molecule has 3 atom stereocenters. The standard InChI is InChI=1S/C17H32N2/c1-6-18-9-7-14(8-10-18)19-11-16(4)15(13(2)3)17(16,5)12-19/h13-15H,6-12H2,1-5H3/t15?,16-,17+. The lowest BCUT2D eigenvalue weighted by atomic mass is 9.95. The third-order valence-corrected chi connectivity index (χ3v) is 6.84. The fourth-order valence-corrected chi connectivity index (χ4v) is 5.79. The average molecular weight is 264 g/mol. The monoisotopic (exact) mass is 264 g/mol. The van der Waals surface area contributed by atoms with Crippen molar-refractivity contribution >= 4 is 0 Å². The Bertz CT molecular complexity index is 327. The van der Waals surface area contributed by atoms with E-state index in [4.69, 9.17) is 0 Å². The molecule has 0 aromatic carbocycles. The summed E-state index contributed by atoms with van der Waals surface area (Å²) < 4.78 is 0. The van der Waals surface area contributed by atoms with Gasteiger partial charge in [0.25, 0.3) is 0 Å². The lowest BCUT2D eigenvalue weighted by molar-refractivity contribution is 0.102. The van der Waals surface area contributed by atoms with Gasteiger partial charge < -0.3 is 4.90 Å². The maximum absolute atomic E-state index is 2.84. The van der Waals surface area contributed by atoms with E-state index in [1.807, 2.05) is 0 Å². The van der Waals surface area contributed by atoms with Gasteiger partial charge in [0.15, 0.2) is 0 Å². The average Bonchev–Trinajstić information content (AvgIpc) is 2.70. The van der Waals surface area contributed by atoms with E-state index in [0.717, 1.165) is 17.9 Å². The van der Waals surface area contributed by atoms with E-state index < -0.39 is 0 Å². The number of hydrogen-bond acceptors (Lipinski definition) is 2. The van der Waals surface area contributed by atoms with Crippen molar-refractivity contribution in [3.63, 3.8) is 0 Å². The van der Waals surface area contributed by atoms with Crippen LogP contribution in [-0.2, 0) is 0 Å². The second-order valence-corrected chi connectivity index (χ2v) is 8.13. The van der Waals surface area contributed by atoms with E-state index in [2.05, 4.69) is 44.4 Å². The molecule has 110 valence electrons. The highest BCUT2D eigenvalue weighted by atomic mass is 15.3. The lowest BCUT2D eigenvalue weighted by Gasteiger charge is -2.38. The molecular weight excluding hydrogens is 232 g/mol. The predicted octanol–water partition coefficient (Wildman–Crippen LogP) is 3.08. The predicted molar refractivity (Wildman–Crippen MR) is 81.3 cm³/mol. The van der Waals surface area contributed by atoms with Crippen molar-refractivity contribution < 1.29 is 0 Å². The zero-order valence-electron chi connectivity index (χ0n) is 13.6. The van der Waals surface area contributed by atoms with Gasteiger partial charge in [0.05, 0.1) is 0 Å². The summed E-state index contributed by atoms with van der Waals surface area (Å²) in [4.78, 5) is 5.44. The minimum atomic E-state index is 0.614. The summed E-state index contributed by atoms with van der Waals surface area (Å²) in [6.07, 6.45) is 2.79. The molecule has 0 aromatic heterocycles. The SMILES string of the molecule is CCN1CCC(N2C[C@@]3(C)C(C(C)C)[C@@]3(C)C2)CC1. The van der Waals surface area contributed by atoms with Gasteiger partial charge in [0.2, 0.25) is 0 Å². The molecule has 3 aliphatic rings. The van der Waals surface area contributed by atoms with Crippen LogP contribution in [0.4, 0.5) is 0 Å². The quantitative estimate of drug-likeness (QED) is 0.773. The van der Waals surface area contributed by atoms with Crippen molar-refractivity contribution in [3.8, 4) is 0 Å². The van der Waals surface area contributed by atoms with Crippen LogP contribution in [0.5, 0.6) is 0 Å². The molecule has 2 nitrogen and oxygen atoms in total. The minimum absolute atomic E-state index is 0.614. The smallest absolute Gasteiger partial charge is 0.0120 e. The normalized spacial score (nSPS) is 44.8. The van der Waals surface area contributed by atoms with Gasteiger partial charge in [-0.2, -0.15) is 0 Å². The van der Waals surface area contributed by atoms with E-state index in [9.17, 15) is 0 Å². The first-order chi connectivity index (χ1) is 8.92. The molecule has 1 saturated carbocycles. The highest BCUT2D eigenvalue weighted by molar-refractivity contribution is 5.24. The number of rotatable bonds is 3. The van der Waals surface area contributed by atoms with Crippen LogP contribution in [0, 0.1) is 22.7 Å². The van der Waals surface area contributed by atoms with Crippen LogP contribution < -0.4 is 0 Å². The lowest BCUT2D eigenvalue weighted by Crippen LogP contribution is -2.45. The van der Waals surface area contributed by atoms with Crippen LogP contribution in [0.2, 0.25) is 0 Å². The van der Waals surface area contributed by atoms with Crippen LogP contribution in [0.15, 0.2) is 0 Å². The molecule has 2 saturated heterocycles. The summed E-state index contributed by atoms with van der Waals surface area (Å²) >= 11 is 0. The molecule has 0 spiro atoms. The Hall–Kier alpha value is -0.0800. The summed E-state index contributed by atoms with van der Waals surface area (Å²) in [5.74, 6) is 1.83. The van der Waals surface area contributed by atoms with Crippen molar-refractivity contribution in [2.75, 3.05) is 32.7 Å². The summed E-state index contributed by atoms with van der Waals surface area (Å²) in [7, 11) is 0. The first kappa shape index (κ1) is 13.9.